The van der Waals surface area contributed by atoms with Gasteiger partial charge in [0.25, 0.3) is 5.91 Å². The SMILES string of the molecule is O=C(N/C=N/Nc1c(O)c(Cl)cc(Cl)c1Cl)c1ccccc1. The van der Waals surface area contributed by atoms with E-state index in [0.29, 0.717) is 5.56 Å². The number of hydrogen-bond acceptors (Lipinski definition) is 4. The number of nitrogens with zero attached hydrogens (tertiary/aromatic N) is 1. The number of phenols is 1. The van der Waals surface area contributed by atoms with E-state index >= 15 is 0 Å². The van der Waals surface area contributed by atoms with Crippen molar-refractivity contribution in [3.8, 4) is 5.75 Å². The van der Waals surface area contributed by atoms with Gasteiger partial charge in [-0.05, 0) is 18.2 Å². The Morgan fingerprint density at radius 1 is 1.14 bits per heavy atom. The van der Waals surface area contributed by atoms with Crippen LogP contribution in [-0.2, 0) is 0 Å². The van der Waals surface area contributed by atoms with Gasteiger partial charge in [-0.3, -0.25) is 10.2 Å². The number of nitrogens with one attached hydrogen (secondary N) is 2. The third-order valence-electron chi connectivity index (χ3n) is 2.62. The monoisotopic (exact) mass is 357 g/mol. The lowest BCUT2D eigenvalue weighted by Gasteiger charge is -2.09. The summed E-state index contributed by atoms with van der Waals surface area (Å²) < 4.78 is 0. The maximum absolute atomic E-state index is 11.8. The molecule has 0 fully saturated rings. The van der Waals surface area contributed by atoms with Gasteiger partial charge < -0.3 is 10.4 Å². The van der Waals surface area contributed by atoms with E-state index in [-0.39, 0.29) is 32.4 Å². The summed E-state index contributed by atoms with van der Waals surface area (Å²) in [7, 11) is 0. The van der Waals surface area contributed by atoms with Crippen molar-refractivity contribution in [3.63, 3.8) is 0 Å². The molecule has 0 spiro atoms. The zero-order chi connectivity index (χ0) is 16.1. The van der Waals surface area contributed by atoms with Gasteiger partial charge in [0.2, 0.25) is 0 Å². The Balaban J connectivity index is 2.03. The molecular weight excluding hydrogens is 349 g/mol. The van der Waals surface area contributed by atoms with E-state index < -0.39 is 0 Å². The van der Waals surface area contributed by atoms with Crippen LogP contribution in [-0.4, -0.2) is 17.4 Å². The number of hydrogen-bond donors (Lipinski definition) is 3. The van der Waals surface area contributed by atoms with Crippen LogP contribution in [0.4, 0.5) is 5.69 Å². The minimum atomic E-state index is -0.328. The first-order valence-corrected chi connectivity index (χ1v) is 7.14. The number of aromatic hydroxyl groups is 1. The highest BCUT2D eigenvalue weighted by Gasteiger charge is 2.14. The Morgan fingerprint density at radius 3 is 2.50 bits per heavy atom. The van der Waals surface area contributed by atoms with Gasteiger partial charge in [-0.1, -0.05) is 53.0 Å². The molecule has 5 nitrogen and oxygen atoms in total. The molecule has 0 aliphatic carbocycles. The minimum absolute atomic E-state index is 0.0282. The lowest BCUT2D eigenvalue weighted by Crippen LogP contribution is -2.21. The summed E-state index contributed by atoms with van der Waals surface area (Å²) in [6.07, 6.45) is 1.12. The van der Waals surface area contributed by atoms with E-state index in [1.165, 1.54) is 6.07 Å². The molecule has 0 aliphatic heterocycles. The number of halogens is 3. The Morgan fingerprint density at radius 2 is 1.82 bits per heavy atom. The Labute approximate surface area is 141 Å². The van der Waals surface area contributed by atoms with Crippen LogP contribution in [0.15, 0.2) is 41.5 Å². The number of hydrazone groups is 1. The average Bonchev–Trinajstić information content (AvgIpc) is 2.53. The van der Waals surface area contributed by atoms with Crippen molar-refractivity contribution >= 4 is 52.7 Å². The summed E-state index contributed by atoms with van der Waals surface area (Å²) in [5.41, 5.74) is 3.01. The molecule has 0 heterocycles. The molecule has 0 aromatic heterocycles. The second kappa shape index (κ2) is 7.35. The molecule has 0 radical (unpaired) electrons. The van der Waals surface area contributed by atoms with E-state index in [9.17, 15) is 9.90 Å². The largest absolute Gasteiger partial charge is 0.504 e. The predicted molar refractivity (Wildman–Crippen MR) is 89.2 cm³/mol. The van der Waals surface area contributed by atoms with Crippen LogP contribution >= 0.6 is 34.8 Å². The van der Waals surface area contributed by atoms with Gasteiger partial charge in [0.05, 0.1) is 15.1 Å². The smallest absolute Gasteiger partial charge is 0.256 e. The van der Waals surface area contributed by atoms with Gasteiger partial charge >= 0.3 is 0 Å². The lowest BCUT2D eigenvalue weighted by molar-refractivity contribution is 0.0978. The van der Waals surface area contributed by atoms with Crippen LogP contribution in [0.3, 0.4) is 0 Å². The highest BCUT2D eigenvalue weighted by Crippen LogP contribution is 2.42. The Bertz CT molecular complexity index is 695. The first-order valence-electron chi connectivity index (χ1n) is 6.00. The van der Waals surface area contributed by atoms with Crippen molar-refractivity contribution in [3.05, 3.63) is 57.0 Å². The number of benzene rings is 2. The van der Waals surface area contributed by atoms with Gasteiger partial charge in [-0.15, -0.1) is 0 Å². The minimum Gasteiger partial charge on any atom is -0.504 e. The number of rotatable bonds is 4. The molecule has 0 bridgehead atoms. The topological polar surface area (TPSA) is 73.7 Å². The molecule has 22 heavy (non-hydrogen) atoms. The molecule has 1 amide bonds. The van der Waals surface area contributed by atoms with Gasteiger partial charge in [0.15, 0.2) is 5.75 Å². The second-order valence-electron chi connectivity index (χ2n) is 4.09. The third-order valence-corrected chi connectivity index (χ3v) is 3.69. The van der Waals surface area contributed by atoms with Crippen molar-refractivity contribution in [2.45, 2.75) is 0 Å². The number of phenolic OH excluding ortho intramolecular Hbond substituents is 1. The Hall–Kier alpha value is -1.95. The fraction of sp³-hybridized carbons (Fsp3) is 0. The van der Waals surface area contributed by atoms with Crippen LogP contribution in [0, 0.1) is 0 Å². The summed E-state index contributed by atoms with van der Waals surface area (Å²) in [6, 6.07) is 9.94. The summed E-state index contributed by atoms with van der Waals surface area (Å²) in [6.45, 7) is 0. The quantitative estimate of drug-likeness (QED) is 0.253. The molecule has 0 saturated carbocycles. The molecule has 0 saturated heterocycles. The normalized spacial score (nSPS) is 10.7. The zero-order valence-electron chi connectivity index (χ0n) is 11.0. The fourth-order valence-corrected chi connectivity index (χ4v) is 2.20. The average molecular weight is 359 g/mol. The summed E-state index contributed by atoms with van der Waals surface area (Å²) in [5, 5.41) is 16.2. The Kier molecular flexibility index (Phi) is 5.49. The van der Waals surface area contributed by atoms with Crippen LogP contribution in [0.1, 0.15) is 10.4 Å². The molecular formula is C14H10Cl3N3O2. The predicted octanol–water partition coefficient (Wildman–Crippen LogP) is 4.14. The van der Waals surface area contributed by atoms with Crippen molar-refractivity contribution < 1.29 is 9.90 Å². The standard InChI is InChI=1S/C14H10Cl3N3O2/c15-9-6-10(16)13(21)12(11(9)17)20-19-7-18-14(22)8-4-2-1-3-5-8/h1-7,20-21H,(H,18,19,22). The highest BCUT2D eigenvalue weighted by molar-refractivity contribution is 6.45. The van der Waals surface area contributed by atoms with Crippen molar-refractivity contribution in [2.24, 2.45) is 5.10 Å². The van der Waals surface area contributed by atoms with Crippen LogP contribution in [0.5, 0.6) is 5.75 Å². The van der Waals surface area contributed by atoms with Gasteiger partial charge in [-0.25, -0.2) is 0 Å². The third kappa shape index (κ3) is 3.82. The van der Waals surface area contributed by atoms with E-state index in [4.69, 9.17) is 34.8 Å². The molecule has 3 N–H and O–H groups in total. The van der Waals surface area contributed by atoms with Crippen LogP contribution in [0.2, 0.25) is 15.1 Å². The number of amides is 1. The molecule has 0 unspecified atom stereocenters. The van der Waals surface area contributed by atoms with Crippen molar-refractivity contribution in [2.75, 3.05) is 5.43 Å². The molecule has 2 rings (SSSR count). The van der Waals surface area contributed by atoms with E-state index in [1.807, 2.05) is 0 Å². The molecule has 114 valence electrons. The number of carbonyl (C=O) groups excluding carboxylic acids is 1. The highest BCUT2D eigenvalue weighted by atomic mass is 35.5. The van der Waals surface area contributed by atoms with Gasteiger partial charge in [0, 0.05) is 5.56 Å². The maximum atomic E-state index is 11.8. The first-order chi connectivity index (χ1) is 10.5. The van der Waals surface area contributed by atoms with Crippen LogP contribution in [0.25, 0.3) is 0 Å². The summed E-state index contributed by atoms with van der Waals surface area (Å²) in [5.74, 6) is -0.617. The van der Waals surface area contributed by atoms with E-state index in [0.717, 1.165) is 6.34 Å². The number of carbonyl (C=O) groups is 1. The molecule has 2 aromatic rings. The summed E-state index contributed by atoms with van der Waals surface area (Å²) >= 11 is 17.6. The molecule has 2 aromatic carbocycles. The lowest BCUT2D eigenvalue weighted by atomic mass is 10.2. The van der Waals surface area contributed by atoms with Crippen molar-refractivity contribution in [1.82, 2.24) is 5.32 Å². The fourth-order valence-electron chi connectivity index (χ4n) is 1.55. The summed E-state index contributed by atoms with van der Waals surface area (Å²) in [4.78, 5) is 11.8. The maximum Gasteiger partial charge on any atom is 0.256 e. The van der Waals surface area contributed by atoms with Gasteiger partial charge in [0.1, 0.15) is 12.0 Å². The number of anilines is 1. The van der Waals surface area contributed by atoms with E-state index in [1.54, 1.807) is 30.3 Å². The second-order valence-corrected chi connectivity index (χ2v) is 5.28. The van der Waals surface area contributed by atoms with Crippen LogP contribution < -0.4 is 10.7 Å². The van der Waals surface area contributed by atoms with Gasteiger partial charge in [-0.2, -0.15) is 5.10 Å². The zero-order valence-corrected chi connectivity index (χ0v) is 13.2. The molecule has 0 atom stereocenters. The van der Waals surface area contributed by atoms with Crippen molar-refractivity contribution in [1.29, 1.82) is 0 Å². The first kappa shape index (κ1) is 16.4. The molecule has 8 heteroatoms. The molecule has 0 aliphatic rings. The van der Waals surface area contributed by atoms with E-state index in [2.05, 4.69) is 15.8 Å².